The molecule has 0 aromatic heterocycles. The first-order valence-corrected chi connectivity index (χ1v) is 5.79. The van der Waals surface area contributed by atoms with Gasteiger partial charge in [0.05, 0.1) is 12.1 Å². The summed E-state index contributed by atoms with van der Waals surface area (Å²) >= 11 is 5.89. The molecular formula is C12H18ClNO2. The predicted octanol–water partition coefficient (Wildman–Crippen LogP) is 3.24. The van der Waals surface area contributed by atoms with E-state index in [0.29, 0.717) is 5.75 Å². The summed E-state index contributed by atoms with van der Waals surface area (Å²) in [6.45, 7) is 2.12. The van der Waals surface area contributed by atoms with Crippen molar-refractivity contribution >= 4 is 11.6 Å². The molecule has 1 rings (SSSR count). The number of halogens is 1. The first-order chi connectivity index (χ1) is 7.60. The van der Waals surface area contributed by atoms with Crippen LogP contribution >= 0.6 is 11.6 Å². The van der Waals surface area contributed by atoms with Gasteiger partial charge in [0, 0.05) is 6.04 Å². The Balaban J connectivity index is 2.92. The minimum atomic E-state index is -0.0630. The van der Waals surface area contributed by atoms with E-state index in [0.717, 1.165) is 24.8 Å². The molecule has 0 saturated carbocycles. The van der Waals surface area contributed by atoms with E-state index in [1.165, 1.54) is 7.11 Å². The molecule has 3 nitrogen and oxygen atoms in total. The summed E-state index contributed by atoms with van der Waals surface area (Å²) in [5.41, 5.74) is 6.92. The summed E-state index contributed by atoms with van der Waals surface area (Å²) in [6.07, 6.45) is 3.08. The lowest BCUT2D eigenvalue weighted by atomic mass is 10.0. The molecule has 0 radical (unpaired) electrons. The van der Waals surface area contributed by atoms with Crippen LogP contribution in [0.15, 0.2) is 12.1 Å². The lowest BCUT2D eigenvalue weighted by Gasteiger charge is -2.14. The van der Waals surface area contributed by atoms with Gasteiger partial charge in [-0.3, -0.25) is 0 Å². The van der Waals surface area contributed by atoms with Crippen LogP contribution in [-0.4, -0.2) is 12.2 Å². The highest BCUT2D eigenvalue weighted by Crippen LogP contribution is 2.36. The fourth-order valence-corrected chi connectivity index (χ4v) is 1.77. The molecule has 3 N–H and O–H groups in total. The van der Waals surface area contributed by atoms with Crippen molar-refractivity contribution in [1.29, 1.82) is 0 Å². The maximum absolute atomic E-state index is 9.58. The maximum Gasteiger partial charge on any atom is 0.176 e. The van der Waals surface area contributed by atoms with Crippen LogP contribution in [0.2, 0.25) is 5.02 Å². The molecule has 1 aromatic carbocycles. The number of aromatic hydroxyl groups is 1. The zero-order valence-corrected chi connectivity index (χ0v) is 10.4. The van der Waals surface area contributed by atoms with Crippen molar-refractivity contribution in [2.24, 2.45) is 5.73 Å². The van der Waals surface area contributed by atoms with E-state index >= 15 is 0 Å². The van der Waals surface area contributed by atoms with E-state index in [1.807, 2.05) is 0 Å². The third kappa shape index (κ3) is 3.03. The van der Waals surface area contributed by atoms with Gasteiger partial charge in [-0.05, 0) is 24.1 Å². The molecule has 16 heavy (non-hydrogen) atoms. The van der Waals surface area contributed by atoms with Crippen LogP contribution in [0.4, 0.5) is 0 Å². The molecule has 0 aliphatic carbocycles. The normalized spacial score (nSPS) is 12.5. The molecule has 4 heteroatoms. The van der Waals surface area contributed by atoms with Crippen LogP contribution in [0.5, 0.6) is 11.5 Å². The van der Waals surface area contributed by atoms with E-state index in [4.69, 9.17) is 22.1 Å². The Hall–Kier alpha value is -0.930. The average Bonchev–Trinajstić information content (AvgIpc) is 2.29. The largest absolute Gasteiger partial charge is 0.503 e. The molecule has 0 saturated heterocycles. The molecule has 0 unspecified atom stereocenters. The second-order valence-electron chi connectivity index (χ2n) is 3.80. The average molecular weight is 244 g/mol. The fourth-order valence-electron chi connectivity index (χ4n) is 1.55. The summed E-state index contributed by atoms with van der Waals surface area (Å²) in [7, 11) is 1.49. The Labute approximate surface area is 101 Å². The predicted molar refractivity (Wildman–Crippen MR) is 66.1 cm³/mol. The molecule has 0 amide bonds. The third-order valence-corrected chi connectivity index (χ3v) is 2.86. The minimum absolute atomic E-state index is 0.0318. The van der Waals surface area contributed by atoms with Gasteiger partial charge in [-0.25, -0.2) is 0 Å². The molecule has 90 valence electrons. The van der Waals surface area contributed by atoms with Gasteiger partial charge in [-0.15, -0.1) is 0 Å². The Morgan fingerprint density at radius 3 is 2.75 bits per heavy atom. The van der Waals surface area contributed by atoms with Gasteiger partial charge in [0.2, 0.25) is 0 Å². The van der Waals surface area contributed by atoms with Gasteiger partial charge >= 0.3 is 0 Å². The van der Waals surface area contributed by atoms with Gasteiger partial charge in [0.25, 0.3) is 0 Å². The summed E-state index contributed by atoms with van der Waals surface area (Å²) in [4.78, 5) is 0. The number of unbranched alkanes of at least 4 members (excludes halogenated alkanes) is 1. The molecule has 0 aliphatic rings. The monoisotopic (exact) mass is 243 g/mol. The first-order valence-electron chi connectivity index (χ1n) is 5.42. The van der Waals surface area contributed by atoms with E-state index in [1.54, 1.807) is 12.1 Å². The second-order valence-corrected chi connectivity index (χ2v) is 4.21. The van der Waals surface area contributed by atoms with Crippen molar-refractivity contribution in [2.45, 2.75) is 32.2 Å². The maximum atomic E-state index is 9.58. The number of phenolic OH excluding ortho intramolecular Hbond substituents is 1. The minimum Gasteiger partial charge on any atom is -0.503 e. The van der Waals surface area contributed by atoms with Crippen molar-refractivity contribution in [3.05, 3.63) is 22.7 Å². The van der Waals surface area contributed by atoms with Gasteiger partial charge < -0.3 is 15.6 Å². The van der Waals surface area contributed by atoms with Crippen molar-refractivity contribution in [1.82, 2.24) is 0 Å². The number of rotatable bonds is 5. The SMILES string of the molecule is CCCC[C@@H](N)c1cc(Cl)c(O)c(OC)c1. The van der Waals surface area contributed by atoms with E-state index in [9.17, 15) is 5.11 Å². The van der Waals surface area contributed by atoms with E-state index < -0.39 is 0 Å². The number of hydrogen-bond donors (Lipinski definition) is 2. The lowest BCUT2D eigenvalue weighted by molar-refractivity contribution is 0.372. The van der Waals surface area contributed by atoms with Gasteiger partial charge in [-0.1, -0.05) is 31.4 Å². The number of phenols is 1. The van der Waals surface area contributed by atoms with Crippen LogP contribution in [0, 0.1) is 0 Å². The molecule has 0 spiro atoms. The zero-order valence-electron chi connectivity index (χ0n) is 9.66. The quantitative estimate of drug-likeness (QED) is 0.835. The van der Waals surface area contributed by atoms with Crippen molar-refractivity contribution in [2.75, 3.05) is 7.11 Å². The topological polar surface area (TPSA) is 55.5 Å². The number of methoxy groups -OCH3 is 1. The Morgan fingerprint density at radius 1 is 1.50 bits per heavy atom. The van der Waals surface area contributed by atoms with E-state index in [2.05, 4.69) is 6.92 Å². The van der Waals surface area contributed by atoms with Crippen LogP contribution in [0.3, 0.4) is 0 Å². The number of hydrogen-bond acceptors (Lipinski definition) is 3. The summed E-state index contributed by atoms with van der Waals surface area (Å²) in [5, 5.41) is 9.86. The summed E-state index contributed by atoms with van der Waals surface area (Å²) < 4.78 is 5.03. The summed E-state index contributed by atoms with van der Waals surface area (Å²) in [5.74, 6) is 0.338. The van der Waals surface area contributed by atoms with Crippen molar-refractivity contribution < 1.29 is 9.84 Å². The molecule has 0 fully saturated rings. The first kappa shape index (κ1) is 13.1. The zero-order chi connectivity index (χ0) is 12.1. The van der Waals surface area contributed by atoms with Gasteiger partial charge in [-0.2, -0.15) is 0 Å². The van der Waals surface area contributed by atoms with Crippen molar-refractivity contribution in [3.8, 4) is 11.5 Å². The standard InChI is InChI=1S/C12H18ClNO2/c1-3-4-5-10(14)8-6-9(13)12(15)11(7-8)16-2/h6-7,10,15H,3-5,14H2,1-2H3/t10-/m1/s1. The van der Waals surface area contributed by atoms with Crippen molar-refractivity contribution in [3.63, 3.8) is 0 Å². The van der Waals surface area contributed by atoms with Crippen LogP contribution in [0.25, 0.3) is 0 Å². The Morgan fingerprint density at radius 2 is 2.19 bits per heavy atom. The lowest BCUT2D eigenvalue weighted by Crippen LogP contribution is -2.10. The highest BCUT2D eigenvalue weighted by Gasteiger charge is 2.13. The van der Waals surface area contributed by atoms with Gasteiger partial charge in [0.1, 0.15) is 0 Å². The third-order valence-electron chi connectivity index (χ3n) is 2.57. The summed E-state index contributed by atoms with van der Waals surface area (Å²) in [6, 6.07) is 3.37. The fraction of sp³-hybridized carbons (Fsp3) is 0.500. The second kappa shape index (κ2) is 5.97. The smallest absolute Gasteiger partial charge is 0.176 e. The number of ether oxygens (including phenoxy) is 1. The highest BCUT2D eigenvalue weighted by molar-refractivity contribution is 6.32. The molecular weight excluding hydrogens is 226 g/mol. The van der Waals surface area contributed by atoms with Crippen LogP contribution in [-0.2, 0) is 0 Å². The Bertz CT molecular complexity index is 355. The molecule has 0 bridgehead atoms. The van der Waals surface area contributed by atoms with Gasteiger partial charge in [0.15, 0.2) is 11.5 Å². The number of nitrogens with two attached hydrogens (primary N) is 1. The van der Waals surface area contributed by atoms with Crippen LogP contribution < -0.4 is 10.5 Å². The van der Waals surface area contributed by atoms with E-state index in [-0.39, 0.29) is 16.8 Å². The molecule has 0 aliphatic heterocycles. The molecule has 1 atom stereocenters. The van der Waals surface area contributed by atoms with Crippen LogP contribution in [0.1, 0.15) is 37.8 Å². The Kier molecular flexibility index (Phi) is 4.90. The molecule has 0 heterocycles. The highest BCUT2D eigenvalue weighted by atomic mass is 35.5. The molecule has 1 aromatic rings. The number of benzene rings is 1.